The fourth-order valence-corrected chi connectivity index (χ4v) is 3.94. The first-order valence-corrected chi connectivity index (χ1v) is 9.02. The highest BCUT2D eigenvalue weighted by Crippen LogP contribution is 2.26. The summed E-state index contributed by atoms with van der Waals surface area (Å²) in [6.07, 6.45) is 4.17. The smallest absolute Gasteiger partial charge is 0.274 e. The number of hydrogen-bond donors (Lipinski definition) is 1. The van der Waals surface area contributed by atoms with Crippen LogP contribution < -0.4 is 5.32 Å². The van der Waals surface area contributed by atoms with E-state index in [0.29, 0.717) is 11.5 Å². The highest BCUT2D eigenvalue weighted by molar-refractivity contribution is 7.99. The second kappa shape index (κ2) is 6.73. The summed E-state index contributed by atoms with van der Waals surface area (Å²) in [5.41, 5.74) is 0.413. The van der Waals surface area contributed by atoms with Gasteiger partial charge in [-0.1, -0.05) is 12.8 Å². The van der Waals surface area contributed by atoms with Gasteiger partial charge >= 0.3 is 0 Å². The quantitative estimate of drug-likeness (QED) is 0.920. The average molecular weight is 322 g/mol. The molecule has 1 aromatic rings. The summed E-state index contributed by atoms with van der Waals surface area (Å²) in [6, 6.07) is 1.69. The van der Waals surface area contributed by atoms with Crippen molar-refractivity contribution in [1.82, 2.24) is 14.7 Å². The van der Waals surface area contributed by atoms with Crippen molar-refractivity contribution < 1.29 is 9.59 Å². The molecule has 3 rings (SSSR count). The van der Waals surface area contributed by atoms with Gasteiger partial charge in [-0.25, -0.2) is 0 Å². The van der Waals surface area contributed by atoms with Crippen molar-refractivity contribution in [3.63, 3.8) is 0 Å². The van der Waals surface area contributed by atoms with E-state index >= 15 is 0 Å². The zero-order valence-corrected chi connectivity index (χ0v) is 13.7. The largest absolute Gasteiger partial charge is 0.336 e. The Bertz CT molecular complexity index is 560. The normalized spacial score (nSPS) is 19.4. The Morgan fingerprint density at radius 3 is 2.64 bits per heavy atom. The van der Waals surface area contributed by atoms with Crippen molar-refractivity contribution in [3.8, 4) is 0 Å². The number of nitrogens with zero attached hydrogens (tertiary/aromatic N) is 3. The zero-order valence-electron chi connectivity index (χ0n) is 12.9. The van der Waals surface area contributed by atoms with Crippen LogP contribution in [0.15, 0.2) is 6.07 Å². The molecule has 2 amide bonds. The lowest BCUT2D eigenvalue weighted by atomic mass is 10.1. The first-order chi connectivity index (χ1) is 10.6. The molecule has 2 aliphatic rings. The third kappa shape index (κ3) is 3.29. The SMILES string of the molecule is Cn1nc(C(=O)N2CCSCC2)cc1NC(=O)C1CCCC1. The van der Waals surface area contributed by atoms with Crippen LogP contribution in [0.1, 0.15) is 36.2 Å². The molecule has 6 nitrogen and oxygen atoms in total. The number of carbonyl (C=O) groups excluding carboxylic acids is 2. The Labute approximate surface area is 134 Å². The molecule has 1 saturated carbocycles. The van der Waals surface area contributed by atoms with E-state index in [0.717, 1.165) is 50.3 Å². The summed E-state index contributed by atoms with van der Waals surface area (Å²) in [4.78, 5) is 26.5. The van der Waals surface area contributed by atoms with Gasteiger partial charge in [0.05, 0.1) is 0 Å². The van der Waals surface area contributed by atoms with Crippen molar-refractivity contribution in [2.75, 3.05) is 29.9 Å². The third-order valence-electron chi connectivity index (χ3n) is 4.37. The van der Waals surface area contributed by atoms with E-state index in [2.05, 4.69) is 10.4 Å². The van der Waals surface area contributed by atoms with Crippen molar-refractivity contribution in [2.45, 2.75) is 25.7 Å². The van der Waals surface area contributed by atoms with Crippen LogP contribution in [-0.4, -0.2) is 51.1 Å². The summed E-state index contributed by atoms with van der Waals surface area (Å²) in [5, 5.41) is 7.19. The second-order valence-corrected chi connectivity index (χ2v) is 7.14. The van der Waals surface area contributed by atoms with E-state index in [1.807, 2.05) is 16.7 Å². The molecule has 7 heteroatoms. The van der Waals surface area contributed by atoms with Gasteiger partial charge in [-0.05, 0) is 12.8 Å². The molecule has 1 aliphatic heterocycles. The number of carbonyl (C=O) groups is 2. The number of amides is 2. The van der Waals surface area contributed by atoms with E-state index in [1.165, 1.54) is 0 Å². The zero-order chi connectivity index (χ0) is 15.5. The third-order valence-corrected chi connectivity index (χ3v) is 5.32. The molecular weight excluding hydrogens is 300 g/mol. The molecule has 2 fully saturated rings. The number of aryl methyl sites for hydroxylation is 1. The molecule has 22 heavy (non-hydrogen) atoms. The van der Waals surface area contributed by atoms with E-state index in [4.69, 9.17) is 0 Å². The lowest BCUT2D eigenvalue weighted by molar-refractivity contribution is -0.119. The second-order valence-electron chi connectivity index (χ2n) is 5.91. The van der Waals surface area contributed by atoms with Gasteiger partial charge in [-0.2, -0.15) is 16.9 Å². The monoisotopic (exact) mass is 322 g/mol. The maximum Gasteiger partial charge on any atom is 0.274 e. The van der Waals surface area contributed by atoms with E-state index in [9.17, 15) is 9.59 Å². The van der Waals surface area contributed by atoms with Crippen LogP contribution in [0.4, 0.5) is 5.82 Å². The van der Waals surface area contributed by atoms with E-state index in [1.54, 1.807) is 17.8 Å². The molecule has 120 valence electrons. The number of nitrogens with one attached hydrogen (secondary N) is 1. The summed E-state index contributed by atoms with van der Waals surface area (Å²) in [6.45, 7) is 1.54. The molecule has 0 unspecified atom stereocenters. The van der Waals surface area contributed by atoms with Gasteiger partial charge in [0.1, 0.15) is 5.82 Å². The van der Waals surface area contributed by atoms with Crippen molar-refractivity contribution in [1.29, 1.82) is 0 Å². The number of thioether (sulfide) groups is 1. The fourth-order valence-electron chi connectivity index (χ4n) is 3.03. The maximum atomic E-state index is 12.4. The molecule has 0 spiro atoms. The minimum Gasteiger partial charge on any atom is -0.336 e. The van der Waals surface area contributed by atoms with Crippen LogP contribution in [0.25, 0.3) is 0 Å². The van der Waals surface area contributed by atoms with Gasteiger partial charge in [-0.15, -0.1) is 0 Å². The molecule has 0 radical (unpaired) electrons. The fraction of sp³-hybridized carbons (Fsp3) is 0.667. The van der Waals surface area contributed by atoms with Crippen molar-refractivity contribution in [3.05, 3.63) is 11.8 Å². The Balaban J connectivity index is 1.67. The number of aromatic nitrogens is 2. The Hall–Kier alpha value is -1.50. The predicted octanol–water partition coefficient (Wildman–Crippen LogP) is 1.74. The minimum absolute atomic E-state index is 0.0442. The standard InChI is InChI=1S/C15H22N4O2S/c1-18-13(16-14(20)11-4-2-3-5-11)10-12(17-18)15(21)19-6-8-22-9-7-19/h10-11H,2-9H2,1H3,(H,16,20). The summed E-state index contributed by atoms with van der Waals surface area (Å²) < 4.78 is 1.58. The molecular formula is C15H22N4O2S. The van der Waals surface area contributed by atoms with Crippen LogP contribution in [0.2, 0.25) is 0 Å². The van der Waals surface area contributed by atoms with Gasteiger partial charge in [0.15, 0.2) is 5.69 Å². The first-order valence-electron chi connectivity index (χ1n) is 7.87. The van der Waals surface area contributed by atoms with Crippen LogP contribution in [0.3, 0.4) is 0 Å². The summed E-state index contributed by atoms with van der Waals surface area (Å²) in [5.74, 6) is 2.67. The number of anilines is 1. The van der Waals surface area contributed by atoms with Crippen LogP contribution in [0, 0.1) is 5.92 Å². The van der Waals surface area contributed by atoms with Crippen molar-refractivity contribution in [2.24, 2.45) is 13.0 Å². The Morgan fingerprint density at radius 1 is 1.27 bits per heavy atom. The topological polar surface area (TPSA) is 67.2 Å². The Morgan fingerprint density at radius 2 is 1.95 bits per heavy atom. The number of rotatable bonds is 3. The minimum atomic E-state index is -0.0442. The lowest BCUT2D eigenvalue weighted by Crippen LogP contribution is -2.38. The first kappa shape index (κ1) is 15.4. The molecule has 1 aromatic heterocycles. The molecule has 0 aromatic carbocycles. The van der Waals surface area contributed by atoms with Crippen molar-refractivity contribution >= 4 is 29.4 Å². The van der Waals surface area contributed by atoms with Gasteiger partial charge in [0.2, 0.25) is 5.91 Å². The lowest BCUT2D eigenvalue weighted by Gasteiger charge is -2.25. The highest BCUT2D eigenvalue weighted by Gasteiger charge is 2.25. The van der Waals surface area contributed by atoms with E-state index < -0.39 is 0 Å². The van der Waals surface area contributed by atoms with Crippen LogP contribution >= 0.6 is 11.8 Å². The van der Waals surface area contributed by atoms with Gasteiger partial charge in [0, 0.05) is 43.6 Å². The molecule has 1 aliphatic carbocycles. The summed E-state index contributed by atoms with van der Waals surface area (Å²) in [7, 11) is 1.76. The molecule has 1 N–H and O–H groups in total. The van der Waals surface area contributed by atoms with Gasteiger partial charge in [-0.3, -0.25) is 14.3 Å². The molecule has 1 saturated heterocycles. The number of hydrogen-bond acceptors (Lipinski definition) is 4. The van der Waals surface area contributed by atoms with Crippen LogP contribution in [0.5, 0.6) is 0 Å². The highest BCUT2D eigenvalue weighted by atomic mass is 32.2. The van der Waals surface area contributed by atoms with Gasteiger partial charge in [0.25, 0.3) is 5.91 Å². The summed E-state index contributed by atoms with van der Waals surface area (Å²) >= 11 is 1.87. The molecule has 0 atom stereocenters. The van der Waals surface area contributed by atoms with Gasteiger partial charge < -0.3 is 10.2 Å². The maximum absolute atomic E-state index is 12.4. The molecule has 2 heterocycles. The predicted molar refractivity (Wildman–Crippen MR) is 87.0 cm³/mol. The van der Waals surface area contributed by atoms with Crippen LogP contribution in [-0.2, 0) is 11.8 Å². The van der Waals surface area contributed by atoms with E-state index in [-0.39, 0.29) is 17.7 Å². The Kier molecular flexibility index (Phi) is 4.71. The average Bonchev–Trinajstić information content (AvgIpc) is 3.18. The molecule has 0 bridgehead atoms.